The van der Waals surface area contributed by atoms with E-state index in [1.54, 1.807) is 10.9 Å². The fourth-order valence-corrected chi connectivity index (χ4v) is 4.13. The number of carbonyl (C=O) groups excluding carboxylic acids is 2. The van der Waals surface area contributed by atoms with Crippen molar-refractivity contribution >= 4 is 35.2 Å². The molecule has 0 spiro atoms. The van der Waals surface area contributed by atoms with E-state index < -0.39 is 0 Å². The first-order valence-corrected chi connectivity index (χ1v) is 11.2. The maximum Gasteiger partial charge on any atom is 0.230 e. The molecule has 7 nitrogen and oxygen atoms in total. The van der Waals surface area contributed by atoms with E-state index in [1.165, 1.54) is 24.6 Å². The lowest BCUT2D eigenvalue weighted by atomic mass is 10.2. The van der Waals surface area contributed by atoms with Crippen molar-refractivity contribution in [1.82, 2.24) is 25.0 Å². The number of likely N-dealkylation sites (tertiary alicyclic amines) is 1. The number of amides is 2. The Kier molecular flexibility index (Phi) is 7.94. The Morgan fingerprint density at radius 1 is 1.21 bits per heavy atom. The van der Waals surface area contributed by atoms with Crippen LogP contribution >= 0.6 is 23.4 Å². The summed E-state index contributed by atoms with van der Waals surface area (Å²) in [6.07, 6.45) is 6.47. The molecule has 29 heavy (non-hydrogen) atoms. The molecule has 0 saturated carbocycles. The van der Waals surface area contributed by atoms with Gasteiger partial charge >= 0.3 is 0 Å². The number of thioether (sulfide) groups is 1. The van der Waals surface area contributed by atoms with Crippen molar-refractivity contribution in [1.29, 1.82) is 0 Å². The normalized spacial score (nSPS) is 14.5. The first-order chi connectivity index (χ1) is 14.0. The first-order valence-electron chi connectivity index (χ1n) is 9.88. The summed E-state index contributed by atoms with van der Waals surface area (Å²) in [5.74, 6) is 0.196. The van der Waals surface area contributed by atoms with E-state index in [1.807, 2.05) is 30.0 Å². The molecule has 2 amide bonds. The third-order valence-corrected chi connectivity index (χ3v) is 6.25. The van der Waals surface area contributed by atoms with Crippen LogP contribution < -0.4 is 5.32 Å². The summed E-state index contributed by atoms with van der Waals surface area (Å²) in [4.78, 5) is 26.3. The van der Waals surface area contributed by atoms with Crippen LogP contribution in [0.25, 0.3) is 5.69 Å². The fraction of sp³-hybridized carbons (Fsp3) is 0.500. The summed E-state index contributed by atoms with van der Waals surface area (Å²) < 4.78 is 1.80. The van der Waals surface area contributed by atoms with E-state index in [0.717, 1.165) is 37.2 Å². The van der Waals surface area contributed by atoms with E-state index >= 15 is 0 Å². The highest BCUT2D eigenvalue weighted by Crippen LogP contribution is 2.23. The maximum atomic E-state index is 12.3. The van der Waals surface area contributed by atoms with E-state index in [2.05, 4.69) is 15.5 Å². The van der Waals surface area contributed by atoms with Gasteiger partial charge in [0, 0.05) is 31.1 Å². The third kappa shape index (κ3) is 6.21. The van der Waals surface area contributed by atoms with Crippen LogP contribution in [-0.4, -0.2) is 56.9 Å². The van der Waals surface area contributed by atoms with Crippen molar-refractivity contribution in [2.24, 2.45) is 0 Å². The largest absolute Gasteiger partial charge is 0.355 e. The Labute approximate surface area is 180 Å². The first kappa shape index (κ1) is 21.6. The molecule has 0 atom stereocenters. The topological polar surface area (TPSA) is 80.1 Å². The van der Waals surface area contributed by atoms with Crippen LogP contribution in [0.15, 0.2) is 29.7 Å². The molecule has 0 unspecified atom stereocenters. The molecule has 0 aliphatic carbocycles. The van der Waals surface area contributed by atoms with Gasteiger partial charge in [-0.05, 0) is 37.5 Å². The average Bonchev–Trinajstić information content (AvgIpc) is 3.00. The Bertz CT molecular complexity index is 849. The van der Waals surface area contributed by atoms with Gasteiger partial charge in [0.2, 0.25) is 11.8 Å². The SMILES string of the molecule is Cc1ccc(-n2cnnc2SCC(=O)NCCC(=O)N2CCCCCC2)cc1Cl. The lowest BCUT2D eigenvalue weighted by Crippen LogP contribution is -2.35. The number of halogens is 1. The molecule has 1 aromatic heterocycles. The fourth-order valence-electron chi connectivity index (χ4n) is 3.20. The van der Waals surface area contributed by atoms with Gasteiger partial charge in [0.05, 0.1) is 11.4 Å². The molecule has 156 valence electrons. The number of carbonyl (C=O) groups is 2. The molecule has 1 aliphatic rings. The second-order valence-corrected chi connectivity index (χ2v) is 8.45. The Morgan fingerprint density at radius 3 is 2.69 bits per heavy atom. The molecule has 0 radical (unpaired) electrons. The zero-order valence-electron chi connectivity index (χ0n) is 16.6. The number of nitrogens with one attached hydrogen (secondary N) is 1. The summed E-state index contributed by atoms with van der Waals surface area (Å²) in [5, 5.41) is 12.1. The minimum atomic E-state index is -0.129. The van der Waals surface area contributed by atoms with Crippen molar-refractivity contribution in [2.75, 3.05) is 25.4 Å². The van der Waals surface area contributed by atoms with Crippen LogP contribution in [0.3, 0.4) is 0 Å². The van der Waals surface area contributed by atoms with Gasteiger partial charge in [-0.2, -0.15) is 0 Å². The van der Waals surface area contributed by atoms with E-state index in [4.69, 9.17) is 11.6 Å². The number of aryl methyl sites for hydroxylation is 1. The van der Waals surface area contributed by atoms with E-state index in [-0.39, 0.29) is 17.6 Å². The van der Waals surface area contributed by atoms with Crippen molar-refractivity contribution < 1.29 is 9.59 Å². The van der Waals surface area contributed by atoms with Crippen LogP contribution in [0.5, 0.6) is 0 Å². The molecule has 1 saturated heterocycles. The molecule has 1 aliphatic heterocycles. The van der Waals surface area contributed by atoms with Gasteiger partial charge in [0.1, 0.15) is 6.33 Å². The van der Waals surface area contributed by atoms with E-state index in [9.17, 15) is 9.59 Å². The molecule has 9 heteroatoms. The second-order valence-electron chi connectivity index (χ2n) is 7.10. The molecule has 2 aromatic rings. The highest BCUT2D eigenvalue weighted by molar-refractivity contribution is 7.99. The van der Waals surface area contributed by atoms with Crippen LogP contribution in [0.1, 0.15) is 37.7 Å². The van der Waals surface area contributed by atoms with Crippen LogP contribution in [0.4, 0.5) is 0 Å². The smallest absolute Gasteiger partial charge is 0.230 e. The minimum Gasteiger partial charge on any atom is -0.355 e. The number of hydrogen-bond acceptors (Lipinski definition) is 5. The van der Waals surface area contributed by atoms with Crippen molar-refractivity contribution in [3.05, 3.63) is 35.1 Å². The molecule has 1 N–H and O–H groups in total. The lowest BCUT2D eigenvalue weighted by molar-refractivity contribution is -0.131. The summed E-state index contributed by atoms with van der Waals surface area (Å²) in [6.45, 7) is 3.97. The van der Waals surface area contributed by atoms with Crippen LogP contribution in [0.2, 0.25) is 5.02 Å². The molecule has 1 fully saturated rings. The standard InChI is InChI=1S/C20H26ClN5O2S/c1-15-6-7-16(12-17(15)21)26-14-23-24-20(26)29-13-18(27)22-9-8-19(28)25-10-4-2-3-5-11-25/h6-7,12,14H,2-5,8-11,13H2,1H3,(H,22,27). The summed E-state index contributed by atoms with van der Waals surface area (Å²) in [7, 11) is 0. The molecule has 0 bridgehead atoms. The number of rotatable bonds is 7. The Hall–Kier alpha value is -2.06. The second kappa shape index (κ2) is 10.6. The third-order valence-electron chi connectivity index (χ3n) is 4.90. The summed E-state index contributed by atoms with van der Waals surface area (Å²) in [6, 6.07) is 5.71. The highest BCUT2D eigenvalue weighted by Gasteiger charge is 2.16. The van der Waals surface area contributed by atoms with Gasteiger partial charge < -0.3 is 10.2 Å². The van der Waals surface area contributed by atoms with Crippen LogP contribution in [-0.2, 0) is 9.59 Å². The quantitative estimate of drug-likeness (QED) is 0.675. The predicted molar refractivity (Wildman–Crippen MR) is 115 cm³/mol. The highest BCUT2D eigenvalue weighted by atomic mass is 35.5. The number of hydrogen-bond donors (Lipinski definition) is 1. The molecule has 2 heterocycles. The lowest BCUT2D eigenvalue weighted by Gasteiger charge is -2.20. The Balaban J connectivity index is 1.45. The zero-order valence-corrected chi connectivity index (χ0v) is 18.1. The number of aromatic nitrogens is 3. The van der Waals surface area contributed by atoms with Gasteiger partial charge in [0.15, 0.2) is 5.16 Å². The van der Waals surface area contributed by atoms with Gasteiger partial charge in [-0.3, -0.25) is 14.2 Å². The maximum absolute atomic E-state index is 12.3. The monoisotopic (exact) mass is 435 g/mol. The average molecular weight is 436 g/mol. The van der Waals surface area contributed by atoms with Crippen molar-refractivity contribution in [3.63, 3.8) is 0 Å². The number of benzene rings is 1. The van der Waals surface area contributed by atoms with E-state index in [0.29, 0.717) is 23.1 Å². The minimum absolute atomic E-state index is 0.121. The van der Waals surface area contributed by atoms with Gasteiger partial charge in [-0.15, -0.1) is 10.2 Å². The van der Waals surface area contributed by atoms with Gasteiger partial charge in [-0.25, -0.2) is 0 Å². The number of nitrogens with zero attached hydrogens (tertiary/aromatic N) is 4. The summed E-state index contributed by atoms with van der Waals surface area (Å²) in [5.41, 5.74) is 1.84. The van der Waals surface area contributed by atoms with Crippen LogP contribution in [0, 0.1) is 6.92 Å². The van der Waals surface area contributed by atoms with Crippen molar-refractivity contribution in [2.45, 2.75) is 44.2 Å². The molecule has 3 rings (SSSR count). The van der Waals surface area contributed by atoms with Crippen molar-refractivity contribution in [3.8, 4) is 5.69 Å². The summed E-state index contributed by atoms with van der Waals surface area (Å²) >= 11 is 7.50. The molecular formula is C20H26ClN5O2S. The van der Waals surface area contributed by atoms with Gasteiger partial charge in [-0.1, -0.05) is 42.3 Å². The predicted octanol–water partition coefficient (Wildman–Crippen LogP) is 3.23. The molecule has 1 aromatic carbocycles. The van der Waals surface area contributed by atoms with Gasteiger partial charge in [0.25, 0.3) is 0 Å². The molecular weight excluding hydrogens is 410 g/mol. The zero-order chi connectivity index (χ0) is 20.6. The Morgan fingerprint density at radius 2 is 1.97 bits per heavy atom.